The Balaban J connectivity index is 1.69. The third-order valence-electron chi connectivity index (χ3n) is 8.05. The number of anilines is 1. The predicted molar refractivity (Wildman–Crippen MR) is 168 cm³/mol. The number of benzene rings is 3. The highest BCUT2D eigenvalue weighted by molar-refractivity contribution is 7.92. The van der Waals surface area contributed by atoms with Crippen LogP contribution in [-0.2, 0) is 32.6 Å². The van der Waals surface area contributed by atoms with Crippen LogP contribution >= 0.6 is 0 Å². The third-order valence-corrected chi connectivity index (χ3v) is 9.84. The van der Waals surface area contributed by atoms with Gasteiger partial charge in [-0.15, -0.1) is 0 Å². The molecule has 8 heteroatoms. The van der Waals surface area contributed by atoms with Gasteiger partial charge in [-0.1, -0.05) is 93.3 Å². The van der Waals surface area contributed by atoms with Crippen LogP contribution in [0.1, 0.15) is 69.1 Å². The number of nitrogens with zero attached hydrogens (tertiary/aromatic N) is 2. The van der Waals surface area contributed by atoms with E-state index in [-0.39, 0.29) is 23.4 Å². The highest BCUT2D eigenvalue weighted by atomic mass is 32.2. The fourth-order valence-corrected chi connectivity index (χ4v) is 6.94. The van der Waals surface area contributed by atoms with Crippen LogP contribution in [0.4, 0.5) is 5.69 Å². The Labute approximate surface area is 251 Å². The minimum absolute atomic E-state index is 0.101. The van der Waals surface area contributed by atoms with Crippen LogP contribution in [0.5, 0.6) is 0 Å². The molecular weight excluding hydrogens is 546 g/mol. The van der Waals surface area contributed by atoms with Gasteiger partial charge in [0.2, 0.25) is 11.8 Å². The lowest BCUT2D eigenvalue weighted by molar-refractivity contribution is -0.140. The molecule has 0 spiro atoms. The summed E-state index contributed by atoms with van der Waals surface area (Å²) in [4.78, 5) is 29.5. The molecule has 1 aliphatic rings. The van der Waals surface area contributed by atoms with E-state index in [1.807, 2.05) is 57.2 Å². The van der Waals surface area contributed by atoms with E-state index < -0.39 is 28.5 Å². The van der Waals surface area contributed by atoms with Crippen molar-refractivity contribution in [3.63, 3.8) is 0 Å². The zero-order chi connectivity index (χ0) is 30.1. The van der Waals surface area contributed by atoms with Crippen LogP contribution in [0.25, 0.3) is 0 Å². The summed E-state index contributed by atoms with van der Waals surface area (Å²) in [6, 6.07) is 22.6. The maximum atomic E-state index is 14.2. The quantitative estimate of drug-likeness (QED) is 0.280. The number of amides is 2. The largest absolute Gasteiger partial charge is 0.352 e. The molecule has 2 amide bonds. The van der Waals surface area contributed by atoms with Crippen LogP contribution in [-0.4, -0.2) is 43.8 Å². The Morgan fingerprint density at radius 1 is 0.857 bits per heavy atom. The Bertz CT molecular complexity index is 1420. The van der Waals surface area contributed by atoms with Gasteiger partial charge in [-0.2, -0.15) is 0 Å². The summed E-state index contributed by atoms with van der Waals surface area (Å²) in [5.41, 5.74) is 3.44. The molecule has 0 radical (unpaired) electrons. The molecule has 1 fully saturated rings. The molecule has 0 heterocycles. The van der Waals surface area contributed by atoms with Crippen molar-refractivity contribution in [1.82, 2.24) is 10.2 Å². The lowest BCUT2D eigenvalue weighted by Crippen LogP contribution is -2.54. The monoisotopic (exact) mass is 589 g/mol. The highest BCUT2D eigenvalue weighted by Gasteiger charge is 2.34. The molecule has 4 rings (SSSR count). The zero-order valence-electron chi connectivity index (χ0n) is 25.0. The molecule has 1 atom stereocenters. The molecule has 1 N–H and O–H groups in total. The van der Waals surface area contributed by atoms with Crippen molar-refractivity contribution >= 4 is 27.5 Å². The SMILES string of the molecule is CCc1ccc(N(CC(=O)N(Cc2ccc(C)cc2)[C@@H](CC)C(=O)NC2CCCCC2)S(=O)(=O)c2ccccc2)cc1. The predicted octanol–water partition coefficient (Wildman–Crippen LogP) is 6.01. The second-order valence-corrected chi connectivity index (χ2v) is 13.0. The molecule has 0 aliphatic heterocycles. The molecule has 0 unspecified atom stereocenters. The topological polar surface area (TPSA) is 86.8 Å². The van der Waals surface area contributed by atoms with E-state index in [2.05, 4.69) is 5.32 Å². The van der Waals surface area contributed by atoms with Gasteiger partial charge < -0.3 is 10.2 Å². The first-order valence-electron chi connectivity index (χ1n) is 15.0. The van der Waals surface area contributed by atoms with Crippen molar-refractivity contribution in [2.75, 3.05) is 10.8 Å². The summed E-state index contributed by atoms with van der Waals surface area (Å²) in [6.07, 6.45) is 6.42. The molecule has 0 bridgehead atoms. The standard InChI is InChI=1S/C34H43N3O4S/c1-4-27-20-22-30(23-21-27)37(42(40,41)31-14-10-7-11-15-31)25-33(38)36(24-28-18-16-26(3)17-19-28)32(5-2)34(39)35-29-12-8-6-9-13-29/h7,10-11,14-23,29,32H,4-6,8-9,12-13,24-25H2,1-3H3,(H,35,39)/t32-/m0/s1. The molecule has 0 saturated heterocycles. The number of hydrogen-bond donors (Lipinski definition) is 1. The number of carbonyl (C=O) groups excluding carboxylic acids is 2. The fraction of sp³-hybridized carbons (Fsp3) is 0.412. The highest BCUT2D eigenvalue weighted by Crippen LogP contribution is 2.26. The molecule has 3 aromatic carbocycles. The fourth-order valence-electron chi connectivity index (χ4n) is 5.50. The number of sulfonamides is 1. The number of rotatable bonds is 12. The van der Waals surface area contributed by atoms with E-state index in [0.717, 1.165) is 53.1 Å². The summed E-state index contributed by atoms with van der Waals surface area (Å²) >= 11 is 0. The first-order chi connectivity index (χ1) is 20.2. The second-order valence-electron chi connectivity index (χ2n) is 11.1. The molecule has 7 nitrogen and oxygen atoms in total. The molecule has 42 heavy (non-hydrogen) atoms. The molecule has 224 valence electrons. The minimum Gasteiger partial charge on any atom is -0.352 e. The lowest BCUT2D eigenvalue weighted by atomic mass is 9.95. The molecule has 1 aliphatic carbocycles. The van der Waals surface area contributed by atoms with E-state index in [0.29, 0.717) is 12.1 Å². The van der Waals surface area contributed by atoms with Crippen LogP contribution in [0, 0.1) is 6.92 Å². The van der Waals surface area contributed by atoms with Gasteiger partial charge in [0.25, 0.3) is 10.0 Å². The van der Waals surface area contributed by atoms with Crippen molar-refractivity contribution in [1.29, 1.82) is 0 Å². The Morgan fingerprint density at radius 3 is 2.07 bits per heavy atom. The zero-order valence-corrected chi connectivity index (χ0v) is 25.8. The lowest BCUT2D eigenvalue weighted by Gasteiger charge is -2.34. The van der Waals surface area contributed by atoms with E-state index in [4.69, 9.17) is 0 Å². The number of hydrogen-bond acceptors (Lipinski definition) is 4. The smallest absolute Gasteiger partial charge is 0.264 e. The summed E-state index contributed by atoms with van der Waals surface area (Å²) in [5, 5.41) is 3.19. The summed E-state index contributed by atoms with van der Waals surface area (Å²) in [6.45, 7) is 5.69. The van der Waals surface area contributed by atoms with Crippen LogP contribution in [0.2, 0.25) is 0 Å². The normalized spacial score (nSPS) is 14.6. The molecule has 0 aromatic heterocycles. The molecule has 3 aromatic rings. The third kappa shape index (κ3) is 7.79. The molecular formula is C34H43N3O4S. The van der Waals surface area contributed by atoms with Crippen LogP contribution in [0.3, 0.4) is 0 Å². The number of carbonyl (C=O) groups is 2. The van der Waals surface area contributed by atoms with Gasteiger partial charge in [-0.25, -0.2) is 8.42 Å². The average Bonchev–Trinajstić information content (AvgIpc) is 3.01. The Kier molecular flexibility index (Phi) is 10.8. The average molecular weight is 590 g/mol. The summed E-state index contributed by atoms with van der Waals surface area (Å²) in [5.74, 6) is -0.616. The summed E-state index contributed by atoms with van der Waals surface area (Å²) < 4.78 is 29.1. The minimum atomic E-state index is -4.07. The van der Waals surface area contributed by atoms with Crippen molar-refractivity contribution in [3.05, 3.63) is 95.6 Å². The first-order valence-corrected chi connectivity index (χ1v) is 16.5. The van der Waals surface area contributed by atoms with E-state index in [9.17, 15) is 18.0 Å². The van der Waals surface area contributed by atoms with Crippen molar-refractivity contribution in [2.24, 2.45) is 0 Å². The van der Waals surface area contributed by atoms with Gasteiger partial charge in [-0.05, 0) is 68.0 Å². The van der Waals surface area contributed by atoms with Gasteiger partial charge in [-0.3, -0.25) is 13.9 Å². The van der Waals surface area contributed by atoms with Crippen molar-refractivity contribution in [2.45, 2.75) is 89.2 Å². The van der Waals surface area contributed by atoms with Gasteiger partial charge in [0, 0.05) is 12.6 Å². The number of nitrogens with one attached hydrogen (secondary N) is 1. The Hall–Kier alpha value is -3.65. The number of aryl methyl sites for hydroxylation is 2. The van der Waals surface area contributed by atoms with Crippen molar-refractivity contribution in [3.8, 4) is 0 Å². The van der Waals surface area contributed by atoms with E-state index in [1.54, 1.807) is 35.2 Å². The molecule has 1 saturated carbocycles. The first kappa shape index (κ1) is 31.3. The maximum Gasteiger partial charge on any atom is 0.264 e. The van der Waals surface area contributed by atoms with Crippen molar-refractivity contribution < 1.29 is 18.0 Å². The van der Waals surface area contributed by atoms with E-state index >= 15 is 0 Å². The van der Waals surface area contributed by atoms with Gasteiger partial charge in [0.05, 0.1) is 10.6 Å². The maximum absolute atomic E-state index is 14.2. The Morgan fingerprint density at radius 2 is 1.48 bits per heavy atom. The second kappa shape index (κ2) is 14.5. The van der Waals surface area contributed by atoms with Gasteiger partial charge in [0.15, 0.2) is 0 Å². The van der Waals surface area contributed by atoms with E-state index in [1.165, 1.54) is 18.6 Å². The van der Waals surface area contributed by atoms with Crippen LogP contribution < -0.4 is 9.62 Å². The van der Waals surface area contributed by atoms with Crippen LogP contribution in [0.15, 0.2) is 83.8 Å². The van der Waals surface area contributed by atoms with Gasteiger partial charge in [0.1, 0.15) is 12.6 Å². The summed E-state index contributed by atoms with van der Waals surface area (Å²) in [7, 11) is -4.07. The van der Waals surface area contributed by atoms with Gasteiger partial charge >= 0.3 is 0 Å².